The van der Waals surface area contributed by atoms with E-state index in [2.05, 4.69) is 10.3 Å². The van der Waals surface area contributed by atoms with Gasteiger partial charge in [0.1, 0.15) is 0 Å². The molecular weight excluding hydrogens is 370 g/mol. The van der Waals surface area contributed by atoms with Crippen molar-refractivity contribution in [2.75, 3.05) is 0 Å². The summed E-state index contributed by atoms with van der Waals surface area (Å²) in [5.74, 6) is -1.05. The average molecular weight is 382 g/mol. The fourth-order valence-corrected chi connectivity index (χ4v) is 2.73. The summed E-state index contributed by atoms with van der Waals surface area (Å²) < 4.78 is 76.9. The molecule has 0 saturated carbocycles. The van der Waals surface area contributed by atoms with Crippen molar-refractivity contribution in [1.82, 2.24) is 10.3 Å². The van der Waals surface area contributed by atoms with Gasteiger partial charge in [0, 0.05) is 10.9 Å². The number of halogens is 6. The van der Waals surface area contributed by atoms with E-state index in [0.29, 0.717) is 17.8 Å². The monoisotopic (exact) mass is 382 g/mol. The topological polar surface area (TPSA) is 42.0 Å². The van der Waals surface area contributed by atoms with Gasteiger partial charge < -0.3 is 5.32 Å². The second-order valence-electron chi connectivity index (χ2n) is 5.28. The summed E-state index contributed by atoms with van der Waals surface area (Å²) in [6.45, 7) is 3.26. The van der Waals surface area contributed by atoms with Crippen LogP contribution in [0.3, 0.4) is 0 Å². The standard InChI is InChI=1S/C15H12F6N2OS/c1-7(12-6-25-8(2)23-12)22-13(24)9-3-10(14(16,17)18)5-11(4-9)15(19,20)21/h3-7H,1-2H3,(H,22,24). The molecule has 0 bridgehead atoms. The second kappa shape index (κ2) is 6.66. The van der Waals surface area contributed by atoms with E-state index in [-0.39, 0.29) is 6.07 Å². The minimum atomic E-state index is -5.01. The highest BCUT2D eigenvalue weighted by Crippen LogP contribution is 2.36. The lowest BCUT2D eigenvalue weighted by Gasteiger charge is -2.16. The molecular formula is C15H12F6N2OS. The zero-order chi connectivity index (χ0) is 19.0. The third kappa shape index (κ3) is 4.71. The van der Waals surface area contributed by atoms with Gasteiger partial charge in [-0.3, -0.25) is 4.79 Å². The van der Waals surface area contributed by atoms with Crippen molar-refractivity contribution in [3.8, 4) is 0 Å². The molecule has 1 atom stereocenters. The van der Waals surface area contributed by atoms with Gasteiger partial charge in [-0.25, -0.2) is 4.98 Å². The first-order valence-corrected chi connectivity index (χ1v) is 7.78. The molecule has 1 unspecified atom stereocenters. The summed E-state index contributed by atoms with van der Waals surface area (Å²) in [7, 11) is 0. The molecule has 1 aromatic heterocycles. The van der Waals surface area contributed by atoms with E-state index in [1.54, 1.807) is 12.3 Å². The number of hydrogen-bond donors (Lipinski definition) is 1. The van der Waals surface area contributed by atoms with E-state index in [1.165, 1.54) is 18.3 Å². The number of thiazole rings is 1. The molecule has 1 N–H and O–H groups in total. The van der Waals surface area contributed by atoms with Crippen LogP contribution in [-0.4, -0.2) is 10.9 Å². The number of benzene rings is 1. The molecule has 1 aromatic carbocycles. The number of nitrogens with zero attached hydrogens (tertiary/aromatic N) is 1. The van der Waals surface area contributed by atoms with Gasteiger partial charge in [0.2, 0.25) is 0 Å². The lowest BCUT2D eigenvalue weighted by atomic mass is 10.0. The summed E-state index contributed by atoms with van der Waals surface area (Å²) in [6, 6.07) is 0.0957. The lowest BCUT2D eigenvalue weighted by Crippen LogP contribution is -2.27. The van der Waals surface area contributed by atoms with Gasteiger partial charge in [-0.2, -0.15) is 26.3 Å². The Balaban J connectivity index is 2.35. The Labute approximate surface area is 142 Å². The van der Waals surface area contributed by atoms with Crippen molar-refractivity contribution in [1.29, 1.82) is 0 Å². The molecule has 1 amide bonds. The van der Waals surface area contributed by atoms with Gasteiger partial charge in [-0.1, -0.05) is 0 Å². The molecule has 0 aliphatic carbocycles. The third-order valence-electron chi connectivity index (χ3n) is 3.28. The maximum absolute atomic E-state index is 12.8. The number of nitrogens with one attached hydrogen (secondary N) is 1. The van der Waals surface area contributed by atoms with E-state index in [4.69, 9.17) is 0 Å². The molecule has 0 radical (unpaired) electrons. The van der Waals surface area contributed by atoms with Crippen LogP contribution in [0.1, 0.15) is 45.2 Å². The zero-order valence-electron chi connectivity index (χ0n) is 12.9. The Morgan fingerprint density at radius 3 is 2.00 bits per heavy atom. The third-order valence-corrected chi connectivity index (χ3v) is 4.07. The fourth-order valence-electron chi connectivity index (χ4n) is 2.02. The maximum Gasteiger partial charge on any atom is 0.416 e. The minimum Gasteiger partial charge on any atom is -0.344 e. The molecule has 2 rings (SSSR count). The average Bonchev–Trinajstić information content (AvgIpc) is 2.91. The first kappa shape index (κ1) is 19.2. The molecule has 136 valence electrons. The number of carbonyl (C=O) groups excluding carboxylic acids is 1. The number of aryl methyl sites for hydroxylation is 1. The van der Waals surface area contributed by atoms with Crippen LogP contribution in [0.25, 0.3) is 0 Å². The van der Waals surface area contributed by atoms with E-state index in [0.717, 1.165) is 5.01 Å². The predicted octanol–water partition coefficient (Wildman–Crippen LogP) is 4.98. The van der Waals surface area contributed by atoms with Crippen LogP contribution in [-0.2, 0) is 12.4 Å². The van der Waals surface area contributed by atoms with Crippen LogP contribution in [0.15, 0.2) is 23.6 Å². The molecule has 0 saturated heterocycles. The van der Waals surface area contributed by atoms with Crippen molar-refractivity contribution < 1.29 is 31.1 Å². The number of amides is 1. The van der Waals surface area contributed by atoms with Gasteiger partial charge in [-0.05, 0) is 32.0 Å². The van der Waals surface area contributed by atoms with Crippen molar-refractivity contribution in [3.63, 3.8) is 0 Å². The molecule has 3 nitrogen and oxygen atoms in total. The summed E-state index contributed by atoms with van der Waals surface area (Å²) in [6.07, 6.45) is -10.0. The van der Waals surface area contributed by atoms with Gasteiger partial charge in [0.15, 0.2) is 0 Å². The molecule has 10 heteroatoms. The van der Waals surface area contributed by atoms with Crippen LogP contribution in [0, 0.1) is 6.92 Å². The normalized spacial score (nSPS) is 13.6. The molecule has 25 heavy (non-hydrogen) atoms. The van der Waals surface area contributed by atoms with E-state index in [9.17, 15) is 31.1 Å². The Hall–Kier alpha value is -2.10. The van der Waals surface area contributed by atoms with Gasteiger partial charge in [-0.15, -0.1) is 11.3 Å². The van der Waals surface area contributed by atoms with Crippen molar-refractivity contribution in [2.24, 2.45) is 0 Å². The van der Waals surface area contributed by atoms with E-state index >= 15 is 0 Å². The first-order valence-electron chi connectivity index (χ1n) is 6.90. The Kier molecular flexibility index (Phi) is 5.12. The van der Waals surface area contributed by atoms with Crippen molar-refractivity contribution >= 4 is 17.2 Å². The van der Waals surface area contributed by atoms with Crippen molar-refractivity contribution in [3.05, 3.63) is 51.0 Å². The van der Waals surface area contributed by atoms with Crippen LogP contribution in [0.4, 0.5) is 26.3 Å². The highest BCUT2D eigenvalue weighted by Gasteiger charge is 2.37. The smallest absolute Gasteiger partial charge is 0.344 e. The Morgan fingerprint density at radius 2 is 1.60 bits per heavy atom. The number of hydrogen-bond acceptors (Lipinski definition) is 3. The van der Waals surface area contributed by atoms with Gasteiger partial charge in [0.25, 0.3) is 5.91 Å². The van der Waals surface area contributed by atoms with E-state index < -0.39 is 41.0 Å². The quantitative estimate of drug-likeness (QED) is 0.761. The van der Waals surface area contributed by atoms with Gasteiger partial charge >= 0.3 is 12.4 Å². The zero-order valence-corrected chi connectivity index (χ0v) is 13.7. The maximum atomic E-state index is 12.8. The molecule has 0 aliphatic heterocycles. The van der Waals surface area contributed by atoms with E-state index in [1.807, 2.05) is 0 Å². The largest absolute Gasteiger partial charge is 0.416 e. The second-order valence-corrected chi connectivity index (χ2v) is 6.34. The van der Waals surface area contributed by atoms with Gasteiger partial charge in [0.05, 0.1) is 27.9 Å². The highest BCUT2D eigenvalue weighted by molar-refractivity contribution is 7.09. The number of alkyl halides is 6. The lowest BCUT2D eigenvalue weighted by molar-refractivity contribution is -0.143. The number of rotatable bonds is 3. The summed E-state index contributed by atoms with van der Waals surface area (Å²) in [4.78, 5) is 16.2. The van der Waals surface area contributed by atoms with Crippen LogP contribution < -0.4 is 5.32 Å². The van der Waals surface area contributed by atoms with Crippen molar-refractivity contribution in [2.45, 2.75) is 32.2 Å². The molecule has 0 spiro atoms. The predicted molar refractivity (Wildman–Crippen MR) is 79.2 cm³/mol. The summed E-state index contributed by atoms with van der Waals surface area (Å²) in [5, 5.41) is 4.72. The molecule has 2 aromatic rings. The van der Waals surface area contributed by atoms with Crippen LogP contribution >= 0.6 is 11.3 Å². The Bertz CT molecular complexity index is 749. The first-order chi connectivity index (χ1) is 11.4. The SMILES string of the molecule is Cc1nc(C(C)NC(=O)c2cc(C(F)(F)F)cc(C(F)(F)F)c2)cs1. The molecule has 1 heterocycles. The molecule has 0 fully saturated rings. The summed E-state index contributed by atoms with van der Waals surface area (Å²) in [5.41, 5.74) is -3.32. The molecule has 0 aliphatic rings. The number of carbonyl (C=O) groups is 1. The van der Waals surface area contributed by atoms with Crippen LogP contribution in [0.5, 0.6) is 0 Å². The fraction of sp³-hybridized carbons (Fsp3) is 0.333. The number of aromatic nitrogens is 1. The summed E-state index contributed by atoms with van der Waals surface area (Å²) >= 11 is 1.31. The van der Waals surface area contributed by atoms with Crippen LogP contribution in [0.2, 0.25) is 0 Å². The minimum absolute atomic E-state index is 0.0238. The highest BCUT2D eigenvalue weighted by atomic mass is 32.1. The Morgan fingerprint density at radius 1 is 1.08 bits per heavy atom.